The van der Waals surface area contributed by atoms with Crippen molar-refractivity contribution in [2.75, 3.05) is 26.2 Å². The van der Waals surface area contributed by atoms with Gasteiger partial charge in [0, 0.05) is 61.8 Å². The van der Waals surface area contributed by atoms with E-state index >= 15 is 0 Å². The standard InChI is InChI=1S/C26H27N3O5S/c1-3-18-12-21-20(13-25(31)34-23(21)14-22(18)30)16-28-7-9-29(10-8-28)35(32,33)24-6-4-5-19-11-17(2)15-27-26(19)24/h4-6,11-15,30H,3,7-10,16H2,1-2H3. The molecule has 0 atom stereocenters. The summed E-state index contributed by atoms with van der Waals surface area (Å²) in [6.45, 7) is 6.09. The highest BCUT2D eigenvalue weighted by atomic mass is 32.2. The number of piperazine rings is 1. The maximum absolute atomic E-state index is 13.5. The molecule has 8 nitrogen and oxygen atoms in total. The third-order valence-corrected chi connectivity index (χ3v) is 8.49. The monoisotopic (exact) mass is 493 g/mol. The van der Waals surface area contributed by atoms with Crippen molar-refractivity contribution in [3.8, 4) is 5.75 Å². The number of hydrogen-bond acceptors (Lipinski definition) is 7. The Hall–Kier alpha value is -3.27. The summed E-state index contributed by atoms with van der Waals surface area (Å²) < 4.78 is 33.7. The summed E-state index contributed by atoms with van der Waals surface area (Å²) in [5, 5.41) is 11.7. The predicted octanol–water partition coefficient (Wildman–Crippen LogP) is 3.42. The van der Waals surface area contributed by atoms with Crippen LogP contribution in [0.25, 0.3) is 21.9 Å². The fourth-order valence-corrected chi connectivity index (χ4v) is 6.27. The van der Waals surface area contributed by atoms with E-state index in [0.717, 1.165) is 27.5 Å². The minimum absolute atomic E-state index is 0.109. The number of aromatic hydroxyl groups is 1. The average molecular weight is 494 g/mol. The minimum Gasteiger partial charge on any atom is -0.508 e. The van der Waals surface area contributed by atoms with E-state index in [4.69, 9.17) is 4.42 Å². The first-order valence-corrected chi connectivity index (χ1v) is 13.1. The maximum atomic E-state index is 13.5. The zero-order valence-electron chi connectivity index (χ0n) is 19.7. The molecule has 4 aromatic rings. The molecule has 1 aliphatic rings. The van der Waals surface area contributed by atoms with E-state index in [9.17, 15) is 18.3 Å². The molecule has 2 aromatic carbocycles. The van der Waals surface area contributed by atoms with Gasteiger partial charge < -0.3 is 9.52 Å². The lowest BCUT2D eigenvalue weighted by molar-refractivity contribution is 0.182. The fraction of sp³-hybridized carbons (Fsp3) is 0.308. The highest BCUT2D eigenvalue weighted by Crippen LogP contribution is 2.29. The zero-order chi connectivity index (χ0) is 24.7. The Bertz CT molecular complexity index is 1590. The second-order valence-corrected chi connectivity index (χ2v) is 10.8. The lowest BCUT2D eigenvalue weighted by Gasteiger charge is -2.34. The van der Waals surface area contributed by atoms with Crippen LogP contribution in [-0.2, 0) is 23.0 Å². The Morgan fingerprint density at radius 2 is 1.83 bits per heavy atom. The summed E-state index contributed by atoms with van der Waals surface area (Å²) in [6, 6.07) is 12.0. The molecule has 0 spiro atoms. The van der Waals surface area contributed by atoms with E-state index in [1.807, 2.05) is 32.0 Å². The predicted molar refractivity (Wildman–Crippen MR) is 134 cm³/mol. The molecule has 0 aliphatic carbocycles. The summed E-state index contributed by atoms with van der Waals surface area (Å²) >= 11 is 0. The molecule has 1 N–H and O–H groups in total. The van der Waals surface area contributed by atoms with Crippen LogP contribution in [-0.4, -0.2) is 53.9 Å². The third kappa shape index (κ3) is 4.42. The van der Waals surface area contributed by atoms with Gasteiger partial charge in [0.15, 0.2) is 0 Å². The van der Waals surface area contributed by atoms with Crippen LogP contribution in [0.1, 0.15) is 23.6 Å². The number of fused-ring (bicyclic) bond motifs is 2. The van der Waals surface area contributed by atoms with Crippen LogP contribution in [0.15, 0.2) is 62.8 Å². The number of sulfonamides is 1. The van der Waals surface area contributed by atoms with Crippen LogP contribution in [0.3, 0.4) is 0 Å². The number of nitrogens with zero attached hydrogens (tertiary/aromatic N) is 3. The van der Waals surface area contributed by atoms with Crippen LogP contribution in [0, 0.1) is 6.92 Å². The van der Waals surface area contributed by atoms with Crippen molar-refractivity contribution in [1.82, 2.24) is 14.2 Å². The molecule has 0 radical (unpaired) electrons. The molecule has 0 saturated carbocycles. The van der Waals surface area contributed by atoms with Crippen molar-refractivity contribution >= 4 is 31.9 Å². The number of benzene rings is 2. The summed E-state index contributed by atoms with van der Waals surface area (Å²) in [7, 11) is -3.70. The molecule has 182 valence electrons. The Morgan fingerprint density at radius 3 is 2.57 bits per heavy atom. The number of phenolic OH excluding ortho intramolecular Hbond substituents is 1. The van der Waals surface area contributed by atoms with Gasteiger partial charge in [-0.15, -0.1) is 0 Å². The number of phenols is 1. The Kier molecular flexibility index (Phi) is 6.08. The highest BCUT2D eigenvalue weighted by molar-refractivity contribution is 7.89. The summed E-state index contributed by atoms with van der Waals surface area (Å²) in [5.41, 5.74) is 2.92. The first-order valence-electron chi connectivity index (χ1n) is 11.6. The minimum atomic E-state index is -3.70. The highest BCUT2D eigenvalue weighted by Gasteiger charge is 2.30. The molecule has 1 saturated heterocycles. The number of aryl methyl sites for hydroxylation is 2. The largest absolute Gasteiger partial charge is 0.508 e. The van der Waals surface area contributed by atoms with Gasteiger partial charge in [-0.1, -0.05) is 19.1 Å². The molecule has 35 heavy (non-hydrogen) atoms. The smallest absolute Gasteiger partial charge is 0.336 e. The van der Waals surface area contributed by atoms with E-state index in [-0.39, 0.29) is 10.6 Å². The second-order valence-electron chi connectivity index (χ2n) is 8.94. The molecule has 5 rings (SSSR count). The van der Waals surface area contributed by atoms with Crippen LogP contribution in [0.4, 0.5) is 0 Å². The number of pyridine rings is 1. The lowest BCUT2D eigenvalue weighted by Crippen LogP contribution is -2.48. The molecule has 2 aromatic heterocycles. The van der Waals surface area contributed by atoms with Crippen molar-refractivity contribution in [3.63, 3.8) is 0 Å². The molecular formula is C26H27N3O5S. The topological polar surface area (TPSA) is 104 Å². The first-order chi connectivity index (χ1) is 16.8. The number of rotatable bonds is 5. The number of aromatic nitrogens is 1. The summed E-state index contributed by atoms with van der Waals surface area (Å²) in [4.78, 5) is 18.9. The van der Waals surface area contributed by atoms with Gasteiger partial charge in [-0.05, 0) is 48.2 Å². The quantitative estimate of drug-likeness (QED) is 0.425. The second kappa shape index (κ2) is 9.07. The maximum Gasteiger partial charge on any atom is 0.336 e. The SMILES string of the molecule is CCc1cc2c(CN3CCN(S(=O)(=O)c4cccc5cc(C)cnc45)CC3)cc(=O)oc2cc1O. The van der Waals surface area contributed by atoms with Crippen LogP contribution in [0.2, 0.25) is 0 Å². The van der Waals surface area contributed by atoms with Crippen LogP contribution < -0.4 is 5.63 Å². The first kappa shape index (κ1) is 23.5. The van der Waals surface area contributed by atoms with Gasteiger partial charge in [0.1, 0.15) is 16.2 Å². The van der Waals surface area contributed by atoms with Gasteiger partial charge in [0.2, 0.25) is 10.0 Å². The van der Waals surface area contributed by atoms with Gasteiger partial charge in [0.05, 0.1) is 5.52 Å². The zero-order valence-corrected chi connectivity index (χ0v) is 20.5. The van der Waals surface area contributed by atoms with Crippen molar-refractivity contribution < 1.29 is 17.9 Å². The summed E-state index contributed by atoms with van der Waals surface area (Å²) in [5.74, 6) is 0.109. The molecule has 1 fully saturated rings. The summed E-state index contributed by atoms with van der Waals surface area (Å²) in [6.07, 6.45) is 2.34. The number of para-hydroxylation sites is 1. The van der Waals surface area contributed by atoms with Crippen LogP contribution >= 0.6 is 0 Å². The van der Waals surface area contributed by atoms with Crippen molar-refractivity contribution in [3.05, 3.63) is 75.8 Å². The van der Waals surface area contributed by atoms with Gasteiger partial charge >= 0.3 is 5.63 Å². The molecule has 3 heterocycles. The van der Waals surface area contributed by atoms with Gasteiger partial charge in [0.25, 0.3) is 0 Å². The molecule has 0 bridgehead atoms. The van der Waals surface area contributed by atoms with E-state index in [1.54, 1.807) is 18.3 Å². The Balaban J connectivity index is 1.37. The molecule has 9 heteroatoms. The van der Waals surface area contributed by atoms with E-state index in [2.05, 4.69) is 9.88 Å². The molecular weight excluding hydrogens is 466 g/mol. The van der Waals surface area contributed by atoms with Crippen molar-refractivity contribution in [2.24, 2.45) is 0 Å². The molecule has 1 aliphatic heterocycles. The van der Waals surface area contributed by atoms with Gasteiger partial charge in [-0.3, -0.25) is 9.88 Å². The van der Waals surface area contributed by atoms with Crippen LogP contribution in [0.5, 0.6) is 5.75 Å². The van der Waals surface area contributed by atoms with Crippen molar-refractivity contribution in [1.29, 1.82) is 0 Å². The van der Waals surface area contributed by atoms with E-state index in [1.165, 1.54) is 16.4 Å². The van der Waals surface area contributed by atoms with Gasteiger partial charge in [-0.25, -0.2) is 13.2 Å². The fourth-order valence-electron chi connectivity index (χ4n) is 4.68. The van der Waals surface area contributed by atoms with E-state index < -0.39 is 15.6 Å². The van der Waals surface area contributed by atoms with Gasteiger partial charge in [-0.2, -0.15) is 4.31 Å². The number of hydrogen-bond donors (Lipinski definition) is 1. The Labute approximate surface area is 203 Å². The normalized spacial score (nSPS) is 15.7. The lowest BCUT2D eigenvalue weighted by atomic mass is 10.0. The molecule has 0 amide bonds. The third-order valence-electron chi connectivity index (χ3n) is 6.56. The van der Waals surface area contributed by atoms with E-state index in [0.29, 0.717) is 50.2 Å². The molecule has 0 unspecified atom stereocenters. The van der Waals surface area contributed by atoms with Crippen molar-refractivity contribution in [2.45, 2.75) is 31.7 Å². The average Bonchev–Trinajstić information content (AvgIpc) is 2.83. The Morgan fingerprint density at radius 1 is 1.06 bits per heavy atom.